The number of hydrogen-bond acceptors (Lipinski definition) is 2. The van der Waals surface area contributed by atoms with E-state index >= 15 is 0 Å². The van der Waals surface area contributed by atoms with Crippen LogP contribution < -0.4 is 0 Å². The third-order valence-electron chi connectivity index (χ3n) is 3.05. The molecular formula is C15H10ClNO2. The molecule has 2 aromatic carbocycles. The zero-order chi connectivity index (χ0) is 13.4. The molecule has 0 saturated heterocycles. The highest BCUT2D eigenvalue weighted by Gasteiger charge is 2.13. The summed E-state index contributed by atoms with van der Waals surface area (Å²) in [6, 6.07) is 14.3. The quantitative estimate of drug-likeness (QED) is 0.722. The van der Waals surface area contributed by atoms with Crippen LogP contribution in [0.15, 0.2) is 54.7 Å². The fourth-order valence-corrected chi connectivity index (χ4v) is 2.31. The molecule has 0 unspecified atom stereocenters. The third-order valence-corrected chi connectivity index (χ3v) is 3.26. The SMILES string of the molecule is O=C(Cl)c1cn(-c2ccc(O)cc2)c2ccccc12. The number of phenols is 1. The number of para-hydroxylation sites is 1. The van der Waals surface area contributed by atoms with Crippen LogP contribution in [0.5, 0.6) is 5.75 Å². The van der Waals surface area contributed by atoms with Gasteiger partial charge in [-0.25, -0.2) is 0 Å². The smallest absolute Gasteiger partial charge is 0.254 e. The van der Waals surface area contributed by atoms with E-state index in [-0.39, 0.29) is 5.75 Å². The van der Waals surface area contributed by atoms with E-state index < -0.39 is 5.24 Å². The molecule has 1 N–H and O–H groups in total. The summed E-state index contributed by atoms with van der Waals surface area (Å²) in [5.74, 6) is 0.203. The van der Waals surface area contributed by atoms with Gasteiger partial charge in [0.05, 0.1) is 11.1 Å². The molecule has 4 heteroatoms. The Morgan fingerprint density at radius 2 is 1.74 bits per heavy atom. The third kappa shape index (κ3) is 1.98. The minimum absolute atomic E-state index is 0.203. The number of carbonyl (C=O) groups is 1. The first-order valence-electron chi connectivity index (χ1n) is 5.76. The molecule has 0 spiro atoms. The van der Waals surface area contributed by atoms with Gasteiger partial charge in [0.25, 0.3) is 5.24 Å². The first-order chi connectivity index (χ1) is 9.16. The molecule has 3 rings (SSSR count). The van der Waals surface area contributed by atoms with Crippen molar-refractivity contribution < 1.29 is 9.90 Å². The zero-order valence-corrected chi connectivity index (χ0v) is 10.6. The van der Waals surface area contributed by atoms with Crippen molar-refractivity contribution >= 4 is 27.7 Å². The number of carbonyl (C=O) groups excluding carboxylic acids is 1. The average Bonchev–Trinajstić information content (AvgIpc) is 2.79. The van der Waals surface area contributed by atoms with Crippen LogP contribution in [-0.4, -0.2) is 14.9 Å². The van der Waals surface area contributed by atoms with Crippen LogP contribution in [0.1, 0.15) is 10.4 Å². The van der Waals surface area contributed by atoms with Gasteiger partial charge in [-0.3, -0.25) is 4.79 Å². The zero-order valence-electron chi connectivity index (χ0n) is 9.88. The first kappa shape index (κ1) is 11.8. The van der Waals surface area contributed by atoms with Crippen LogP contribution in [0.25, 0.3) is 16.6 Å². The largest absolute Gasteiger partial charge is 0.508 e. The number of benzene rings is 2. The van der Waals surface area contributed by atoms with Gasteiger partial charge < -0.3 is 9.67 Å². The van der Waals surface area contributed by atoms with Gasteiger partial charge >= 0.3 is 0 Å². The number of hydrogen-bond donors (Lipinski definition) is 1. The lowest BCUT2D eigenvalue weighted by atomic mass is 10.2. The fraction of sp³-hybridized carbons (Fsp3) is 0. The molecule has 0 amide bonds. The second kappa shape index (κ2) is 4.44. The summed E-state index contributed by atoms with van der Waals surface area (Å²) in [4.78, 5) is 11.5. The molecule has 0 saturated carbocycles. The molecule has 19 heavy (non-hydrogen) atoms. The van der Waals surface area contributed by atoms with Crippen molar-refractivity contribution in [2.24, 2.45) is 0 Å². The first-order valence-corrected chi connectivity index (χ1v) is 6.14. The second-order valence-electron chi connectivity index (χ2n) is 4.22. The van der Waals surface area contributed by atoms with E-state index in [0.717, 1.165) is 16.6 Å². The van der Waals surface area contributed by atoms with E-state index in [9.17, 15) is 9.90 Å². The van der Waals surface area contributed by atoms with E-state index in [0.29, 0.717) is 5.56 Å². The number of rotatable bonds is 2. The predicted molar refractivity (Wildman–Crippen MR) is 75.1 cm³/mol. The van der Waals surface area contributed by atoms with Gasteiger partial charge in [0.2, 0.25) is 0 Å². The number of phenolic OH excluding ortho intramolecular Hbond substituents is 1. The molecule has 1 heterocycles. The maximum Gasteiger partial charge on any atom is 0.254 e. The molecule has 0 aliphatic carbocycles. The Balaban J connectivity index is 2.29. The highest BCUT2D eigenvalue weighted by atomic mass is 35.5. The van der Waals surface area contributed by atoms with Crippen molar-refractivity contribution in [3.8, 4) is 11.4 Å². The minimum atomic E-state index is -0.478. The second-order valence-corrected chi connectivity index (χ2v) is 4.56. The summed E-state index contributed by atoms with van der Waals surface area (Å²) in [6.07, 6.45) is 1.71. The maximum absolute atomic E-state index is 11.5. The van der Waals surface area contributed by atoms with E-state index in [1.54, 1.807) is 30.5 Å². The van der Waals surface area contributed by atoms with Crippen LogP contribution in [0.3, 0.4) is 0 Å². The number of halogens is 1. The van der Waals surface area contributed by atoms with Crippen LogP contribution in [0.4, 0.5) is 0 Å². The Bertz CT molecular complexity index is 759. The topological polar surface area (TPSA) is 42.2 Å². The Hall–Kier alpha value is -2.26. The molecule has 0 atom stereocenters. The molecule has 1 aromatic heterocycles. The lowest BCUT2D eigenvalue weighted by molar-refractivity contribution is 0.108. The van der Waals surface area contributed by atoms with Crippen molar-refractivity contribution in [2.45, 2.75) is 0 Å². The molecule has 3 nitrogen and oxygen atoms in total. The van der Waals surface area contributed by atoms with Crippen molar-refractivity contribution in [3.05, 3.63) is 60.3 Å². The van der Waals surface area contributed by atoms with Gasteiger partial charge in [0.1, 0.15) is 5.75 Å². The summed E-state index contributed by atoms with van der Waals surface area (Å²) in [6.45, 7) is 0. The molecule has 0 aliphatic heterocycles. The highest BCUT2D eigenvalue weighted by Crippen LogP contribution is 2.26. The standard InChI is InChI=1S/C15H10ClNO2/c16-15(19)13-9-17(10-5-7-11(18)8-6-10)14-4-2-1-3-12(13)14/h1-9,18H. The maximum atomic E-state index is 11.5. The van der Waals surface area contributed by atoms with Crippen molar-refractivity contribution in [1.82, 2.24) is 4.57 Å². The van der Waals surface area contributed by atoms with Gasteiger partial charge in [0, 0.05) is 17.3 Å². The van der Waals surface area contributed by atoms with Crippen LogP contribution in [-0.2, 0) is 0 Å². The normalized spacial score (nSPS) is 10.8. The monoisotopic (exact) mass is 271 g/mol. The van der Waals surface area contributed by atoms with E-state index in [1.807, 2.05) is 28.8 Å². The van der Waals surface area contributed by atoms with Crippen molar-refractivity contribution in [3.63, 3.8) is 0 Å². The predicted octanol–water partition coefficient (Wildman–Crippen LogP) is 3.72. The van der Waals surface area contributed by atoms with Crippen LogP contribution in [0, 0.1) is 0 Å². The van der Waals surface area contributed by atoms with Crippen LogP contribution in [0.2, 0.25) is 0 Å². The van der Waals surface area contributed by atoms with Gasteiger partial charge in [-0.15, -0.1) is 0 Å². The Morgan fingerprint density at radius 3 is 2.42 bits per heavy atom. The Morgan fingerprint density at radius 1 is 1.05 bits per heavy atom. The summed E-state index contributed by atoms with van der Waals surface area (Å²) >= 11 is 5.62. The Kier molecular flexibility index (Phi) is 2.76. The molecule has 0 fully saturated rings. The van der Waals surface area contributed by atoms with Gasteiger partial charge in [0.15, 0.2) is 0 Å². The van der Waals surface area contributed by atoms with Gasteiger partial charge in [-0.05, 0) is 41.9 Å². The number of nitrogens with zero attached hydrogens (tertiary/aromatic N) is 1. The average molecular weight is 272 g/mol. The number of fused-ring (bicyclic) bond motifs is 1. The Labute approximate surface area is 114 Å². The number of aromatic hydroxyl groups is 1. The van der Waals surface area contributed by atoms with E-state index in [1.165, 1.54) is 0 Å². The lowest BCUT2D eigenvalue weighted by Crippen LogP contribution is -1.91. The van der Waals surface area contributed by atoms with E-state index in [4.69, 9.17) is 11.6 Å². The van der Waals surface area contributed by atoms with Gasteiger partial charge in [-0.1, -0.05) is 18.2 Å². The molecular weight excluding hydrogens is 262 g/mol. The van der Waals surface area contributed by atoms with Crippen LogP contribution >= 0.6 is 11.6 Å². The molecule has 94 valence electrons. The number of aromatic nitrogens is 1. The van der Waals surface area contributed by atoms with Gasteiger partial charge in [-0.2, -0.15) is 0 Å². The van der Waals surface area contributed by atoms with Crippen molar-refractivity contribution in [1.29, 1.82) is 0 Å². The highest BCUT2D eigenvalue weighted by molar-refractivity contribution is 6.68. The summed E-state index contributed by atoms with van der Waals surface area (Å²) in [5, 5.41) is 9.66. The fourth-order valence-electron chi connectivity index (χ4n) is 2.16. The minimum Gasteiger partial charge on any atom is -0.508 e. The summed E-state index contributed by atoms with van der Waals surface area (Å²) in [7, 11) is 0. The molecule has 0 bridgehead atoms. The molecule has 0 aliphatic rings. The lowest BCUT2D eigenvalue weighted by Gasteiger charge is -2.04. The molecule has 3 aromatic rings. The van der Waals surface area contributed by atoms with Crippen molar-refractivity contribution in [2.75, 3.05) is 0 Å². The summed E-state index contributed by atoms with van der Waals surface area (Å²) < 4.78 is 1.88. The molecule has 0 radical (unpaired) electrons. The van der Waals surface area contributed by atoms with E-state index in [2.05, 4.69) is 0 Å². The summed E-state index contributed by atoms with van der Waals surface area (Å²) in [5.41, 5.74) is 2.24.